The van der Waals surface area contributed by atoms with Gasteiger partial charge in [0.1, 0.15) is 4.88 Å². The van der Waals surface area contributed by atoms with Gasteiger partial charge in [0.15, 0.2) is 0 Å². The van der Waals surface area contributed by atoms with Crippen LogP contribution in [0.25, 0.3) is 0 Å². The Morgan fingerprint density at radius 3 is 2.52 bits per heavy atom. The average molecular weight is 312 g/mol. The van der Waals surface area contributed by atoms with E-state index in [1.54, 1.807) is 0 Å². The Bertz CT molecular complexity index is 484. The topological polar surface area (TPSA) is 44.8 Å². The summed E-state index contributed by atoms with van der Waals surface area (Å²) in [6.45, 7) is 12.1. The highest BCUT2D eigenvalue weighted by Crippen LogP contribution is 2.29. The van der Waals surface area contributed by atoms with Crippen molar-refractivity contribution in [2.75, 3.05) is 7.11 Å². The number of aryl methyl sites for hydroxylation is 1. The molecule has 4 nitrogen and oxygen atoms in total. The van der Waals surface area contributed by atoms with Crippen molar-refractivity contribution in [1.29, 1.82) is 0 Å². The second-order valence-corrected chi connectivity index (χ2v) is 6.30. The first kappa shape index (κ1) is 18.2. The number of carbonyl (C=O) groups is 1. The molecular formula is C15H25BO4S. The number of esters is 1. The van der Waals surface area contributed by atoms with Gasteiger partial charge in [0, 0.05) is 4.88 Å². The van der Waals surface area contributed by atoms with Crippen LogP contribution in [-0.2, 0) is 20.5 Å². The standard InChI is InChI=1S/C13H19BO4S.C2H6/c1-6-10-9(7-11(19-10)12(15)16-5)14-17-8(2)13(3,4)18-14;1-2/h7-8H,6H2,1-5H3;1-2H3. The Labute approximate surface area is 131 Å². The first-order chi connectivity index (χ1) is 9.89. The average Bonchev–Trinajstić information content (AvgIpc) is 3.02. The summed E-state index contributed by atoms with van der Waals surface area (Å²) in [6, 6.07) is 1.83. The number of ether oxygens (including phenoxy) is 1. The van der Waals surface area contributed by atoms with E-state index >= 15 is 0 Å². The fraction of sp³-hybridized carbons (Fsp3) is 0.667. The highest BCUT2D eigenvalue weighted by Gasteiger charge is 2.45. The lowest BCUT2D eigenvalue weighted by Crippen LogP contribution is -2.35. The Morgan fingerprint density at radius 1 is 1.48 bits per heavy atom. The lowest BCUT2D eigenvalue weighted by molar-refractivity contribution is 0.0606. The number of carbonyl (C=O) groups excluding carboxylic acids is 1. The van der Waals surface area contributed by atoms with E-state index in [0.29, 0.717) is 4.88 Å². The molecule has 0 radical (unpaired) electrons. The number of hydrogen-bond acceptors (Lipinski definition) is 5. The Hall–Kier alpha value is -0.845. The van der Waals surface area contributed by atoms with Gasteiger partial charge in [-0.1, -0.05) is 20.8 Å². The minimum Gasteiger partial charge on any atom is -0.465 e. The molecule has 1 aliphatic heterocycles. The van der Waals surface area contributed by atoms with Gasteiger partial charge in [-0.15, -0.1) is 11.3 Å². The summed E-state index contributed by atoms with van der Waals surface area (Å²) in [5, 5.41) is 0. The van der Waals surface area contributed by atoms with E-state index in [1.807, 2.05) is 40.7 Å². The quantitative estimate of drug-likeness (QED) is 0.636. The van der Waals surface area contributed by atoms with Crippen LogP contribution in [0.5, 0.6) is 0 Å². The summed E-state index contributed by atoms with van der Waals surface area (Å²) in [6.07, 6.45) is 0.860. The fourth-order valence-electron chi connectivity index (χ4n) is 2.01. The van der Waals surface area contributed by atoms with Gasteiger partial charge < -0.3 is 14.0 Å². The van der Waals surface area contributed by atoms with Crippen molar-refractivity contribution in [3.05, 3.63) is 15.8 Å². The Balaban J connectivity index is 0.00000106. The second kappa shape index (κ2) is 7.43. The maximum Gasteiger partial charge on any atom is 0.495 e. The van der Waals surface area contributed by atoms with Crippen molar-refractivity contribution in [3.8, 4) is 0 Å². The smallest absolute Gasteiger partial charge is 0.465 e. The summed E-state index contributed by atoms with van der Waals surface area (Å²) in [4.78, 5) is 13.3. The number of thiophene rings is 1. The summed E-state index contributed by atoms with van der Waals surface area (Å²) < 4.78 is 16.6. The van der Waals surface area contributed by atoms with Crippen LogP contribution in [0.3, 0.4) is 0 Å². The highest BCUT2D eigenvalue weighted by atomic mass is 32.1. The highest BCUT2D eigenvalue weighted by molar-refractivity contribution is 7.15. The molecule has 1 aliphatic rings. The van der Waals surface area contributed by atoms with Crippen LogP contribution >= 0.6 is 11.3 Å². The largest absolute Gasteiger partial charge is 0.495 e. The zero-order valence-electron chi connectivity index (χ0n) is 14.0. The molecule has 0 spiro atoms. The third kappa shape index (κ3) is 3.87. The van der Waals surface area contributed by atoms with Crippen molar-refractivity contribution < 1.29 is 18.8 Å². The van der Waals surface area contributed by atoms with Gasteiger partial charge in [0.05, 0.1) is 18.8 Å². The molecule has 21 heavy (non-hydrogen) atoms. The van der Waals surface area contributed by atoms with E-state index in [2.05, 4.69) is 6.92 Å². The predicted molar refractivity (Wildman–Crippen MR) is 87.5 cm³/mol. The van der Waals surface area contributed by atoms with Gasteiger partial charge in [-0.05, 0) is 38.7 Å². The number of rotatable bonds is 3. The molecule has 0 saturated carbocycles. The van der Waals surface area contributed by atoms with Crippen molar-refractivity contribution in [3.63, 3.8) is 0 Å². The maximum absolute atomic E-state index is 11.6. The van der Waals surface area contributed by atoms with E-state index in [-0.39, 0.29) is 17.7 Å². The van der Waals surface area contributed by atoms with Gasteiger partial charge in [-0.2, -0.15) is 0 Å². The molecular weight excluding hydrogens is 287 g/mol. The lowest BCUT2D eigenvalue weighted by Gasteiger charge is -2.21. The molecule has 2 rings (SSSR count). The van der Waals surface area contributed by atoms with E-state index in [9.17, 15) is 4.79 Å². The third-order valence-electron chi connectivity index (χ3n) is 3.52. The zero-order chi connectivity index (χ0) is 16.2. The maximum atomic E-state index is 11.6. The first-order valence-electron chi connectivity index (χ1n) is 7.43. The van der Waals surface area contributed by atoms with Crippen LogP contribution in [0.4, 0.5) is 0 Å². The van der Waals surface area contributed by atoms with Crippen LogP contribution in [0.15, 0.2) is 6.07 Å². The Kier molecular flexibility index (Phi) is 6.44. The SMILES string of the molecule is CC.CCc1sc(C(=O)OC)cc1B1OC(C)C(C)(C)O1. The molecule has 2 heterocycles. The van der Waals surface area contributed by atoms with E-state index in [4.69, 9.17) is 14.0 Å². The molecule has 0 aliphatic carbocycles. The number of hydrogen-bond donors (Lipinski definition) is 0. The van der Waals surface area contributed by atoms with Crippen molar-refractivity contribution in [1.82, 2.24) is 0 Å². The molecule has 1 saturated heterocycles. The monoisotopic (exact) mass is 312 g/mol. The molecule has 6 heteroatoms. The molecule has 0 N–H and O–H groups in total. The van der Waals surface area contributed by atoms with Crippen molar-refractivity contribution >= 4 is 29.9 Å². The second-order valence-electron chi connectivity index (χ2n) is 5.17. The van der Waals surface area contributed by atoms with Gasteiger partial charge in [-0.3, -0.25) is 0 Å². The summed E-state index contributed by atoms with van der Waals surface area (Å²) in [5.74, 6) is -0.309. The number of methoxy groups -OCH3 is 1. The van der Waals surface area contributed by atoms with Crippen LogP contribution in [0.1, 0.15) is 56.1 Å². The predicted octanol–water partition coefficient (Wildman–Crippen LogP) is 3.03. The zero-order valence-corrected chi connectivity index (χ0v) is 14.8. The van der Waals surface area contributed by atoms with E-state index < -0.39 is 7.12 Å². The van der Waals surface area contributed by atoms with Gasteiger partial charge >= 0.3 is 13.1 Å². The molecule has 0 aromatic carbocycles. The van der Waals surface area contributed by atoms with Crippen LogP contribution in [-0.4, -0.2) is 31.9 Å². The molecule has 1 fully saturated rings. The summed E-state index contributed by atoms with van der Waals surface area (Å²) in [7, 11) is 0.996. The Morgan fingerprint density at radius 2 is 2.10 bits per heavy atom. The minimum atomic E-state index is -0.394. The van der Waals surface area contributed by atoms with E-state index in [0.717, 1.165) is 16.8 Å². The van der Waals surface area contributed by atoms with Gasteiger partial charge in [-0.25, -0.2) is 4.79 Å². The third-order valence-corrected chi connectivity index (χ3v) is 4.80. The molecule has 1 atom stereocenters. The van der Waals surface area contributed by atoms with Crippen LogP contribution in [0.2, 0.25) is 0 Å². The summed E-state index contributed by atoms with van der Waals surface area (Å²) in [5.41, 5.74) is 0.633. The molecule has 1 aromatic heterocycles. The lowest BCUT2D eigenvalue weighted by atomic mass is 9.78. The molecule has 1 aromatic rings. The summed E-state index contributed by atoms with van der Waals surface area (Å²) >= 11 is 1.45. The van der Waals surface area contributed by atoms with Crippen molar-refractivity contribution in [2.24, 2.45) is 0 Å². The molecule has 0 amide bonds. The normalized spacial score (nSPS) is 20.0. The van der Waals surface area contributed by atoms with Crippen LogP contribution < -0.4 is 5.46 Å². The molecule has 1 unspecified atom stereocenters. The fourth-order valence-corrected chi connectivity index (χ4v) is 3.04. The first-order valence-corrected chi connectivity index (χ1v) is 8.25. The van der Waals surface area contributed by atoms with Crippen molar-refractivity contribution in [2.45, 2.75) is 59.7 Å². The molecule has 0 bridgehead atoms. The molecule has 118 valence electrons. The minimum absolute atomic E-state index is 0.0173. The van der Waals surface area contributed by atoms with Gasteiger partial charge in [0.25, 0.3) is 0 Å². The van der Waals surface area contributed by atoms with Gasteiger partial charge in [0.2, 0.25) is 0 Å². The van der Waals surface area contributed by atoms with E-state index in [1.165, 1.54) is 18.4 Å². The van der Waals surface area contributed by atoms with Crippen LogP contribution in [0, 0.1) is 0 Å².